The fourth-order valence-corrected chi connectivity index (χ4v) is 5.03. The molecule has 0 bridgehead atoms. The average molecular weight is 397 g/mol. The molecule has 3 atom stereocenters. The molecule has 3 aromatic carbocycles. The van der Waals surface area contributed by atoms with Gasteiger partial charge in [-0.1, -0.05) is 55.5 Å². The molecule has 30 heavy (non-hydrogen) atoms. The average Bonchev–Trinajstić information content (AvgIpc) is 3.46. The summed E-state index contributed by atoms with van der Waals surface area (Å²) in [6, 6.07) is 18.9. The fraction of sp³-hybridized carbons (Fsp3) is 0.400. The van der Waals surface area contributed by atoms with Gasteiger partial charge in [0.25, 0.3) is 0 Å². The number of hydrogen-bond acceptors (Lipinski definition) is 0. The molecule has 1 aliphatic rings. The Kier molecular flexibility index (Phi) is 5.62. The third-order valence-electron chi connectivity index (χ3n) is 7.54. The Morgan fingerprint density at radius 1 is 0.700 bits per heavy atom. The van der Waals surface area contributed by atoms with Gasteiger partial charge in [0.15, 0.2) is 0 Å². The van der Waals surface area contributed by atoms with Crippen LogP contribution in [0.25, 0.3) is 0 Å². The lowest BCUT2D eigenvalue weighted by atomic mass is 9.85. The van der Waals surface area contributed by atoms with E-state index in [1.54, 1.807) is 5.56 Å². The summed E-state index contributed by atoms with van der Waals surface area (Å²) in [5.41, 5.74) is 14.5. The minimum Gasteiger partial charge on any atom is -0.0588 e. The van der Waals surface area contributed by atoms with Gasteiger partial charge in [-0.25, -0.2) is 0 Å². The second-order valence-electron chi connectivity index (χ2n) is 9.86. The third-order valence-corrected chi connectivity index (χ3v) is 7.54. The van der Waals surface area contributed by atoms with Crippen molar-refractivity contribution in [3.8, 4) is 0 Å². The van der Waals surface area contributed by atoms with Gasteiger partial charge in [0.2, 0.25) is 0 Å². The van der Waals surface area contributed by atoms with Crippen LogP contribution in [0.4, 0.5) is 0 Å². The quantitative estimate of drug-likeness (QED) is 0.409. The zero-order valence-corrected chi connectivity index (χ0v) is 19.8. The predicted molar refractivity (Wildman–Crippen MR) is 130 cm³/mol. The van der Waals surface area contributed by atoms with Crippen LogP contribution >= 0.6 is 0 Å². The van der Waals surface area contributed by atoms with Crippen molar-refractivity contribution in [1.29, 1.82) is 0 Å². The minimum absolute atomic E-state index is 0.433. The van der Waals surface area contributed by atoms with Crippen LogP contribution in [0.2, 0.25) is 0 Å². The first-order valence-corrected chi connectivity index (χ1v) is 11.5. The molecule has 0 heterocycles. The van der Waals surface area contributed by atoms with E-state index in [0.29, 0.717) is 5.92 Å². The Labute approximate surface area is 183 Å². The first-order valence-electron chi connectivity index (χ1n) is 11.5. The molecule has 0 aromatic heterocycles. The van der Waals surface area contributed by atoms with Crippen LogP contribution in [0, 0.1) is 47.5 Å². The molecule has 0 amide bonds. The normalized spacial score (nSPS) is 19.0. The third kappa shape index (κ3) is 4.10. The van der Waals surface area contributed by atoms with E-state index in [1.165, 1.54) is 62.9 Å². The summed E-state index contributed by atoms with van der Waals surface area (Å²) in [7, 11) is 0. The maximum atomic E-state index is 2.49. The molecule has 3 unspecified atom stereocenters. The molecule has 156 valence electrons. The van der Waals surface area contributed by atoms with E-state index in [4.69, 9.17) is 0 Å². The number of hydrogen-bond donors (Lipinski definition) is 0. The van der Waals surface area contributed by atoms with E-state index in [0.717, 1.165) is 11.8 Å². The molecule has 0 radical (unpaired) electrons. The number of benzene rings is 3. The van der Waals surface area contributed by atoms with E-state index < -0.39 is 0 Å². The molecule has 1 aliphatic carbocycles. The van der Waals surface area contributed by atoms with Gasteiger partial charge in [0.05, 0.1) is 0 Å². The van der Waals surface area contributed by atoms with Crippen LogP contribution in [0.15, 0.2) is 48.5 Å². The monoisotopic (exact) mass is 396 g/mol. The molecule has 0 N–H and O–H groups in total. The molecule has 0 nitrogen and oxygen atoms in total. The van der Waals surface area contributed by atoms with Gasteiger partial charge in [-0.3, -0.25) is 0 Å². The van der Waals surface area contributed by atoms with Crippen molar-refractivity contribution < 1.29 is 0 Å². The largest absolute Gasteiger partial charge is 0.0588 e. The highest BCUT2D eigenvalue weighted by atomic mass is 14.4. The van der Waals surface area contributed by atoms with Crippen LogP contribution < -0.4 is 0 Å². The maximum Gasteiger partial charge on any atom is 0.00638 e. The van der Waals surface area contributed by atoms with Crippen molar-refractivity contribution in [3.05, 3.63) is 104 Å². The highest BCUT2D eigenvalue weighted by Gasteiger charge is 2.39. The Morgan fingerprint density at radius 3 is 2.03 bits per heavy atom. The van der Waals surface area contributed by atoms with Crippen LogP contribution in [-0.4, -0.2) is 0 Å². The summed E-state index contributed by atoms with van der Waals surface area (Å²) < 4.78 is 0. The van der Waals surface area contributed by atoms with E-state index in [-0.39, 0.29) is 0 Å². The summed E-state index contributed by atoms with van der Waals surface area (Å²) in [5, 5.41) is 0. The van der Waals surface area contributed by atoms with Crippen LogP contribution in [0.1, 0.15) is 80.8 Å². The molecular weight excluding hydrogens is 360 g/mol. The van der Waals surface area contributed by atoms with Gasteiger partial charge in [0.1, 0.15) is 0 Å². The van der Waals surface area contributed by atoms with E-state index >= 15 is 0 Å². The van der Waals surface area contributed by atoms with E-state index in [1.807, 2.05) is 0 Å². The van der Waals surface area contributed by atoms with Gasteiger partial charge in [-0.15, -0.1) is 0 Å². The zero-order chi connectivity index (χ0) is 21.6. The van der Waals surface area contributed by atoms with Gasteiger partial charge in [-0.2, -0.15) is 0 Å². The molecule has 4 rings (SSSR count). The van der Waals surface area contributed by atoms with Crippen LogP contribution in [0.3, 0.4) is 0 Å². The van der Waals surface area contributed by atoms with Gasteiger partial charge >= 0.3 is 0 Å². The second kappa shape index (κ2) is 8.06. The first-order chi connectivity index (χ1) is 14.2. The smallest absolute Gasteiger partial charge is 0.00638 e. The standard InChI is InChI=1S/C30H36/c1-18-8-10-25(12-20(18)3)16-27-17-30(27)29-15-22(5)28(14-23(29)6)24(7)26-11-9-19(2)21(4)13-26/h8-15,24,27,30H,16-17H2,1-7H3. The Bertz CT molecular complexity index is 1090. The van der Waals surface area contributed by atoms with Crippen molar-refractivity contribution in [2.24, 2.45) is 5.92 Å². The Morgan fingerprint density at radius 2 is 1.37 bits per heavy atom. The highest BCUT2D eigenvalue weighted by Crippen LogP contribution is 2.51. The summed E-state index contributed by atoms with van der Waals surface area (Å²) in [5.74, 6) is 1.96. The van der Waals surface area contributed by atoms with Crippen molar-refractivity contribution in [3.63, 3.8) is 0 Å². The second-order valence-corrected chi connectivity index (χ2v) is 9.86. The maximum absolute atomic E-state index is 2.49. The molecule has 1 saturated carbocycles. The lowest BCUT2D eigenvalue weighted by Crippen LogP contribution is -2.03. The number of rotatable bonds is 5. The fourth-order valence-electron chi connectivity index (χ4n) is 5.03. The SMILES string of the molecule is Cc1ccc(CC2CC2c2cc(C)c(C(C)c3ccc(C)c(C)c3)cc2C)cc1C. The van der Waals surface area contributed by atoms with Crippen molar-refractivity contribution in [2.45, 2.75) is 73.1 Å². The molecular formula is C30H36. The molecule has 0 heteroatoms. The van der Waals surface area contributed by atoms with E-state index in [9.17, 15) is 0 Å². The molecule has 0 aliphatic heterocycles. The molecule has 3 aromatic rings. The molecule has 0 spiro atoms. The van der Waals surface area contributed by atoms with Crippen molar-refractivity contribution >= 4 is 0 Å². The highest BCUT2D eigenvalue weighted by molar-refractivity contribution is 5.46. The lowest BCUT2D eigenvalue weighted by Gasteiger charge is -2.19. The van der Waals surface area contributed by atoms with Crippen LogP contribution in [-0.2, 0) is 6.42 Å². The van der Waals surface area contributed by atoms with Crippen molar-refractivity contribution in [2.75, 3.05) is 0 Å². The van der Waals surface area contributed by atoms with Crippen molar-refractivity contribution in [1.82, 2.24) is 0 Å². The lowest BCUT2D eigenvalue weighted by molar-refractivity contribution is 0.789. The predicted octanol–water partition coefficient (Wildman–Crippen LogP) is 8.04. The van der Waals surface area contributed by atoms with E-state index in [2.05, 4.69) is 97.0 Å². The molecule has 1 fully saturated rings. The summed E-state index contributed by atoms with van der Waals surface area (Å²) in [6.45, 7) is 15.8. The molecule has 0 saturated heterocycles. The summed E-state index contributed by atoms with van der Waals surface area (Å²) in [4.78, 5) is 0. The topological polar surface area (TPSA) is 0 Å². The Balaban J connectivity index is 1.53. The van der Waals surface area contributed by atoms with Crippen LogP contribution in [0.5, 0.6) is 0 Å². The first kappa shape index (κ1) is 20.9. The summed E-state index contributed by atoms with van der Waals surface area (Å²) >= 11 is 0. The summed E-state index contributed by atoms with van der Waals surface area (Å²) in [6.07, 6.45) is 2.55. The zero-order valence-electron chi connectivity index (χ0n) is 19.8. The minimum atomic E-state index is 0.433. The van der Waals surface area contributed by atoms with Gasteiger partial charge in [-0.05, 0) is 122 Å². The Hall–Kier alpha value is -2.34. The number of aryl methyl sites for hydroxylation is 6. The van der Waals surface area contributed by atoms with Gasteiger partial charge < -0.3 is 0 Å². The van der Waals surface area contributed by atoms with Gasteiger partial charge in [0, 0.05) is 5.92 Å².